The number of benzene rings is 1. The van der Waals surface area contributed by atoms with E-state index < -0.39 is 0 Å². The highest BCUT2D eigenvalue weighted by atomic mass is 32.1. The second-order valence-electron chi connectivity index (χ2n) is 5.92. The van der Waals surface area contributed by atoms with E-state index in [0.717, 1.165) is 22.9 Å². The van der Waals surface area contributed by atoms with Gasteiger partial charge in [0.1, 0.15) is 23.4 Å². The predicted octanol–water partition coefficient (Wildman–Crippen LogP) is 4.30. The summed E-state index contributed by atoms with van der Waals surface area (Å²) in [4.78, 5) is 6.42. The van der Waals surface area contributed by atoms with Crippen molar-refractivity contribution in [3.05, 3.63) is 83.8 Å². The van der Waals surface area contributed by atoms with Gasteiger partial charge in [-0.2, -0.15) is 0 Å². The molecule has 126 valence electrons. The van der Waals surface area contributed by atoms with E-state index in [2.05, 4.69) is 10.3 Å². The summed E-state index contributed by atoms with van der Waals surface area (Å²) in [5.74, 6) is 1.32. The van der Waals surface area contributed by atoms with E-state index in [1.807, 2.05) is 42.2 Å². The lowest BCUT2D eigenvalue weighted by atomic mass is 10.0. The highest BCUT2D eigenvalue weighted by Gasteiger charge is 2.42. The Bertz CT molecular complexity index is 895. The molecule has 0 spiro atoms. The van der Waals surface area contributed by atoms with E-state index >= 15 is 0 Å². The fourth-order valence-electron chi connectivity index (χ4n) is 3.14. The molecule has 1 fully saturated rings. The molecule has 0 amide bonds. The fourth-order valence-corrected chi connectivity index (χ4v) is 3.48. The third kappa shape index (κ3) is 2.89. The predicted molar refractivity (Wildman–Crippen MR) is 97.8 cm³/mol. The molecule has 2 aromatic heterocycles. The first-order chi connectivity index (χ1) is 12.1. The molecule has 0 unspecified atom stereocenters. The molecule has 1 aliphatic heterocycles. The SMILES string of the molecule is Cc1ccc([C@H]2[C@@H](c3ccccn3)NC(=S)N2c2ccc(F)cc2)o1. The molecular formula is C19H16FN3OS. The summed E-state index contributed by atoms with van der Waals surface area (Å²) in [7, 11) is 0. The van der Waals surface area contributed by atoms with Crippen molar-refractivity contribution in [2.45, 2.75) is 19.0 Å². The first kappa shape index (κ1) is 15.8. The molecule has 2 atom stereocenters. The molecule has 3 aromatic rings. The average molecular weight is 353 g/mol. The number of aromatic nitrogens is 1. The number of nitrogens with one attached hydrogen (secondary N) is 1. The van der Waals surface area contributed by atoms with Gasteiger partial charge in [-0.05, 0) is 67.7 Å². The molecule has 6 heteroatoms. The third-order valence-corrected chi connectivity index (χ3v) is 4.57. The van der Waals surface area contributed by atoms with Gasteiger partial charge in [-0.15, -0.1) is 0 Å². The maximum absolute atomic E-state index is 13.3. The highest BCUT2D eigenvalue weighted by Crippen LogP contribution is 2.41. The first-order valence-corrected chi connectivity index (χ1v) is 8.37. The number of aryl methyl sites for hydroxylation is 1. The number of anilines is 1. The van der Waals surface area contributed by atoms with Crippen LogP contribution in [0, 0.1) is 12.7 Å². The van der Waals surface area contributed by atoms with Gasteiger partial charge in [0.2, 0.25) is 0 Å². The van der Waals surface area contributed by atoms with Crippen LogP contribution in [0.3, 0.4) is 0 Å². The van der Waals surface area contributed by atoms with Crippen molar-refractivity contribution in [2.75, 3.05) is 4.90 Å². The molecule has 1 aromatic carbocycles. The van der Waals surface area contributed by atoms with E-state index in [0.29, 0.717) is 5.11 Å². The molecule has 4 rings (SSSR count). The van der Waals surface area contributed by atoms with Crippen molar-refractivity contribution in [3.63, 3.8) is 0 Å². The summed E-state index contributed by atoms with van der Waals surface area (Å²) >= 11 is 5.57. The Morgan fingerprint density at radius 3 is 2.56 bits per heavy atom. The molecule has 25 heavy (non-hydrogen) atoms. The Hall–Kier alpha value is -2.73. The van der Waals surface area contributed by atoms with Gasteiger partial charge in [-0.1, -0.05) is 6.07 Å². The number of hydrogen-bond acceptors (Lipinski definition) is 3. The maximum atomic E-state index is 13.3. The van der Waals surface area contributed by atoms with Crippen molar-refractivity contribution in [3.8, 4) is 0 Å². The normalized spacial score (nSPS) is 19.9. The van der Waals surface area contributed by atoms with E-state index in [1.54, 1.807) is 18.3 Å². The summed E-state index contributed by atoms with van der Waals surface area (Å²) in [6.45, 7) is 1.90. The second kappa shape index (κ2) is 6.29. The zero-order valence-corrected chi connectivity index (χ0v) is 14.3. The Kier molecular flexibility index (Phi) is 3.97. The van der Waals surface area contributed by atoms with E-state index in [4.69, 9.17) is 16.6 Å². The molecular weight excluding hydrogens is 337 g/mol. The molecule has 3 heterocycles. The zero-order valence-electron chi connectivity index (χ0n) is 13.5. The molecule has 4 nitrogen and oxygen atoms in total. The lowest BCUT2D eigenvalue weighted by molar-refractivity contribution is 0.418. The minimum absolute atomic E-state index is 0.163. The van der Waals surface area contributed by atoms with Crippen LogP contribution in [-0.2, 0) is 0 Å². The fraction of sp³-hybridized carbons (Fsp3) is 0.158. The molecule has 0 bridgehead atoms. The Morgan fingerprint density at radius 2 is 1.92 bits per heavy atom. The second-order valence-corrected chi connectivity index (χ2v) is 6.31. The topological polar surface area (TPSA) is 41.3 Å². The molecule has 0 saturated carbocycles. The molecule has 0 aliphatic carbocycles. The van der Waals surface area contributed by atoms with Gasteiger partial charge in [0.25, 0.3) is 0 Å². The minimum Gasteiger partial charge on any atom is -0.464 e. The van der Waals surface area contributed by atoms with Crippen LogP contribution in [0.4, 0.5) is 10.1 Å². The highest BCUT2D eigenvalue weighted by molar-refractivity contribution is 7.80. The summed E-state index contributed by atoms with van der Waals surface area (Å²) in [6.07, 6.45) is 1.76. The van der Waals surface area contributed by atoms with Crippen LogP contribution >= 0.6 is 12.2 Å². The Labute approximate surface area is 150 Å². The van der Waals surface area contributed by atoms with Crippen molar-refractivity contribution in [2.24, 2.45) is 0 Å². The van der Waals surface area contributed by atoms with Crippen LogP contribution in [0.25, 0.3) is 0 Å². The molecule has 1 N–H and O–H groups in total. The number of hydrogen-bond donors (Lipinski definition) is 1. The van der Waals surface area contributed by atoms with Crippen molar-refractivity contribution in [1.82, 2.24) is 10.3 Å². The van der Waals surface area contributed by atoms with E-state index in [-0.39, 0.29) is 17.9 Å². The van der Waals surface area contributed by atoms with Crippen molar-refractivity contribution in [1.29, 1.82) is 0 Å². The van der Waals surface area contributed by atoms with Gasteiger partial charge in [0.05, 0.1) is 11.7 Å². The molecule has 0 radical (unpaired) electrons. The van der Waals surface area contributed by atoms with Gasteiger partial charge < -0.3 is 14.6 Å². The van der Waals surface area contributed by atoms with Gasteiger partial charge in [-0.3, -0.25) is 4.98 Å². The maximum Gasteiger partial charge on any atom is 0.174 e. The average Bonchev–Trinajstić information content (AvgIpc) is 3.20. The number of thiocarbonyl (C=S) groups is 1. The van der Waals surface area contributed by atoms with Gasteiger partial charge in [0.15, 0.2) is 5.11 Å². The molecule has 1 saturated heterocycles. The quantitative estimate of drug-likeness (QED) is 0.711. The number of halogens is 1. The van der Waals surface area contributed by atoms with Crippen LogP contribution < -0.4 is 10.2 Å². The number of rotatable bonds is 3. The minimum atomic E-state index is -0.284. The third-order valence-electron chi connectivity index (χ3n) is 4.26. The first-order valence-electron chi connectivity index (χ1n) is 7.96. The largest absolute Gasteiger partial charge is 0.464 e. The van der Waals surface area contributed by atoms with Gasteiger partial charge in [0, 0.05) is 11.9 Å². The lowest BCUT2D eigenvalue weighted by Gasteiger charge is -2.26. The zero-order chi connectivity index (χ0) is 17.4. The van der Waals surface area contributed by atoms with Crippen molar-refractivity contribution >= 4 is 23.0 Å². The lowest BCUT2D eigenvalue weighted by Crippen LogP contribution is -2.29. The Morgan fingerprint density at radius 1 is 1.12 bits per heavy atom. The number of pyridine rings is 1. The van der Waals surface area contributed by atoms with Gasteiger partial charge in [-0.25, -0.2) is 4.39 Å². The molecule has 1 aliphatic rings. The van der Waals surface area contributed by atoms with Crippen LogP contribution in [0.5, 0.6) is 0 Å². The number of nitrogens with zero attached hydrogens (tertiary/aromatic N) is 2. The van der Waals surface area contributed by atoms with E-state index in [9.17, 15) is 4.39 Å². The summed E-state index contributed by atoms with van der Waals surface area (Å²) in [5, 5.41) is 3.89. The van der Waals surface area contributed by atoms with Crippen LogP contribution in [0.2, 0.25) is 0 Å². The van der Waals surface area contributed by atoms with Crippen LogP contribution in [0.15, 0.2) is 65.2 Å². The smallest absolute Gasteiger partial charge is 0.174 e. The van der Waals surface area contributed by atoms with Crippen LogP contribution in [0.1, 0.15) is 29.3 Å². The summed E-state index contributed by atoms with van der Waals surface area (Å²) < 4.78 is 19.2. The Balaban J connectivity index is 1.81. The summed E-state index contributed by atoms with van der Waals surface area (Å²) in [6, 6.07) is 15.6. The van der Waals surface area contributed by atoms with Crippen LogP contribution in [-0.4, -0.2) is 10.1 Å². The standard InChI is InChI=1S/C19H16FN3OS/c1-12-5-10-16(24-12)18-17(15-4-2-3-11-21-15)22-19(25)23(18)14-8-6-13(20)7-9-14/h2-11,17-18H,1H3,(H,22,25)/t17-,18+/m1/s1. The number of furan rings is 1. The van der Waals surface area contributed by atoms with E-state index in [1.165, 1.54) is 12.1 Å². The van der Waals surface area contributed by atoms with Gasteiger partial charge >= 0.3 is 0 Å². The summed E-state index contributed by atoms with van der Waals surface area (Å²) in [5.41, 5.74) is 1.67. The van der Waals surface area contributed by atoms with Crippen molar-refractivity contribution < 1.29 is 8.81 Å². The monoisotopic (exact) mass is 353 g/mol.